The monoisotopic (exact) mass is 668 g/mol. The molecular weight excluding hydrogens is 624 g/mol. The van der Waals surface area contributed by atoms with Crippen LogP contribution in [0.1, 0.15) is 48.3 Å². The van der Waals surface area contributed by atoms with Gasteiger partial charge < -0.3 is 30.5 Å². The summed E-state index contributed by atoms with van der Waals surface area (Å²) in [6.07, 6.45) is 4.63. The molecule has 2 aromatic carbocycles. The lowest BCUT2D eigenvalue weighted by Gasteiger charge is -2.30. The Morgan fingerprint density at radius 3 is 2.00 bits per heavy atom. The van der Waals surface area contributed by atoms with Gasteiger partial charge in [-0.3, -0.25) is 19.7 Å². The van der Waals surface area contributed by atoms with E-state index < -0.39 is 42.3 Å². The van der Waals surface area contributed by atoms with Crippen molar-refractivity contribution in [3.63, 3.8) is 0 Å². The quantitative estimate of drug-likeness (QED) is 0.135. The fraction of sp³-hybridized carbons (Fsp3) is 0.351. The number of alkyl carbamates (subject to hydrolysis) is 2. The molecule has 258 valence electrons. The van der Waals surface area contributed by atoms with Crippen molar-refractivity contribution in [2.45, 2.75) is 77.5 Å². The second-order valence-electron chi connectivity index (χ2n) is 12.2. The number of ether oxygens (including phenoxy) is 2. The first-order valence-electron chi connectivity index (χ1n) is 16.3. The lowest BCUT2D eigenvalue weighted by Crippen LogP contribution is -2.54. The lowest BCUT2D eigenvalue weighted by atomic mass is 9.93. The van der Waals surface area contributed by atoms with E-state index in [4.69, 9.17) is 9.47 Å². The summed E-state index contributed by atoms with van der Waals surface area (Å²) in [5, 5.41) is 20.2. The molecule has 4 rings (SSSR count). The van der Waals surface area contributed by atoms with Gasteiger partial charge in [-0.15, -0.1) is 0 Å². The molecule has 0 aliphatic heterocycles. The third-order valence-corrected chi connectivity index (χ3v) is 7.73. The van der Waals surface area contributed by atoms with E-state index in [0.717, 1.165) is 16.7 Å². The summed E-state index contributed by atoms with van der Waals surface area (Å²) in [4.78, 5) is 51.7. The minimum atomic E-state index is -1.08. The van der Waals surface area contributed by atoms with Crippen LogP contribution in [0.5, 0.6) is 0 Å². The average molecular weight is 669 g/mol. The minimum Gasteiger partial charge on any atom is -0.445 e. The van der Waals surface area contributed by atoms with Gasteiger partial charge in [-0.2, -0.15) is 0 Å². The maximum Gasteiger partial charge on any atom is 0.408 e. The van der Waals surface area contributed by atoms with Gasteiger partial charge in [0, 0.05) is 30.2 Å². The van der Waals surface area contributed by atoms with Crippen molar-refractivity contribution >= 4 is 18.1 Å². The number of aliphatic hydroxyl groups excluding tert-OH is 1. The third kappa shape index (κ3) is 12.6. The zero-order valence-corrected chi connectivity index (χ0v) is 28.0. The molecule has 0 bridgehead atoms. The number of carbonyl (C=O) groups is 3. The number of carbonyl (C=O) groups excluding carboxylic acids is 3. The molecule has 49 heavy (non-hydrogen) atoms. The molecular formula is C37H44N6O6. The van der Waals surface area contributed by atoms with Crippen molar-refractivity contribution in [2.75, 3.05) is 0 Å². The summed E-state index contributed by atoms with van der Waals surface area (Å²) in [7, 11) is 0. The van der Waals surface area contributed by atoms with Crippen LogP contribution >= 0.6 is 0 Å². The summed E-state index contributed by atoms with van der Waals surface area (Å²) < 4.78 is 10.8. The fourth-order valence-electron chi connectivity index (χ4n) is 5.24. The molecule has 0 saturated heterocycles. The summed E-state index contributed by atoms with van der Waals surface area (Å²) in [5.41, 5.74) is 3.75. The van der Waals surface area contributed by atoms with E-state index in [1.807, 2.05) is 74.5 Å². The second kappa shape index (κ2) is 18.8. The van der Waals surface area contributed by atoms with E-state index in [9.17, 15) is 19.5 Å². The highest BCUT2D eigenvalue weighted by Crippen LogP contribution is 2.16. The predicted molar refractivity (Wildman–Crippen MR) is 183 cm³/mol. The van der Waals surface area contributed by atoms with Crippen LogP contribution in [0, 0.1) is 12.8 Å². The van der Waals surface area contributed by atoms with Crippen LogP contribution < -0.4 is 16.0 Å². The van der Waals surface area contributed by atoms with E-state index in [1.165, 1.54) is 6.20 Å². The summed E-state index contributed by atoms with van der Waals surface area (Å²) >= 11 is 0. The molecule has 4 aromatic rings. The number of nitrogens with zero attached hydrogens (tertiary/aromatic N) is 3. The van der Waals surface area contributed by atoms with Crippen molar-refractivity contribution < 1.29 is 29.0 Å². The fourth-order valence-corrected chi connectivity index (χ4v) is 5.24. The molecule has 0 spiro atoms. The predicted octanol–water partition coefficient (Wildman–Crippen LogP) is 4.45. The maximum absolute atomic E-state index is 13.7. The van der Waals surface area contributed by atoms with Gasteiger partial charge in [0.25, 0.3) is 0 Å². The lowest BCUT2D eigenvalue weighted by molar-refractivity contribution is -0.125. The largest absolute Gasteiger partial charge is 0.445 e. The average Bonchev–Trinajstić information content (AvgIpc) is 3.09. The smallest absolute Gasteiger partial charge is 0.408 e. The Morgan fingerprint density at radius 1 is 0.735 bits per heavy atom. The van der Waals surface area contributed by atoms with Gasteiger partial charge >= 0.3 is 12.2 Å². The topological polar surface area (TPSA) is 165 Å². The highest BCUT2D eigenvalue weighted by Gasteiger charge is 2.30. The molecule has 0 aliphatic carbocycles. The van der Waals surface area contributed by atoms with Crippen LogP contribution in [0.15, 0.2) is 97.6 Å². The molecule has 0 radical (unpaired) electrons. The number of aliphatic hydroxyl groups is 1. The van der Waals surface area contributed by atoms with Gasteiger partial charge in [0.15, 0.2) is 0 Å². The van der Waals surface area contributed by atoms with Crippen LogP contribution in [0.2, 0.25) is 0 Å². The van der Waals surface area contributed by atoms with Crippen LogP contribution in [0.3, 0.4) is 0 Å². The number of rotatable bonds is 16. The van der Waals surface area contributed by atoms with Crippen LogP contribution in [0.4, 0.5) is 9.59 Å². The first kappa shape index (κ1) is 36.5. The molecule has 1 unspecified atom stereocenters. The number of nitrogens with one attached hydrogen (secondary N) is 3. The minimum absolute atomic E-state index is 0.0188. The van der Waals surface area contributed by atoms with Crippen molar-refractivity contribution in [1.29, 1.82) is 0 Å². The van der Waals surface area contributed by atoms with E-state index in [2.05, 4.69) is 30.9 Å². The zero-order chi connectivity index (χ0) is 35.0. The van der Waals surface area contributed by atoms with Gasteiger partial charge in [0.2, 0.25) is 5.91 Å². The Balaban J connectivity index is 1.46. The van der Waals surface area contributed by atoms with E-state index >= 15 is 0 Å². The molecule has 0 saturated carbocycles. The van der Waals surface area contributed by atoms with Crippen LogP contribution in [0.25, 0.3) is 0 Å². The summed E-state index contributed by atoms with van der Waals surface area (Å²) in [6, 6.07) is 20.4. The van der Waals surface area contributed by atoms with Crippen LogP contribution in [-0.2, 0) is 40.3 Å². The second-order valence-corrected chi connectivity index (χ2v) is 12.2. The number of aryl methyl sites for hydroxylation is 1. The van der Waals surface area contributed by atoms with Gasteiger partial charge in [-0.25, -0.2) is 9.59 Å². The molecule has 2 heterocycles. The number of pyridine rings is 1. The number of aromatic nitrogens is 3. The third-order valence-electron chi connectivity index (χ3n) is 7.73. The Labute approximate surface area is 286 Å². The van der Waals surface area contributed by atoms with Crippen molar-refractivity contribution in [1.82, 2.24) is 30.9 Å². The van der Waals surface area contributed by atoms with Crippen molar-refractivity contribution in [2.24, 2.45) is 5.92 Å². The SMILES string of the molecule is Cc1cncc(COC(=O)NC(C(=O)N[C@@H](Cc2ccccc2)C[C@H](O)[C@H](Cc2ccccc2)NC(=O)OCc2cccnc2)C(C)C)n1. The van der Waals surface area contributed by atoms with E-state index in [0.29, 0.717) is 24.2 Å². The summed E-state index contributed by atoms with van der Waals surface area (Å²) in [6.45, 7) is 5.33. The number of amides is 3. The standard InChI is InChI=1S/C37H44N6O6/c1-25(2)34(43-37(47)49-24-31-22-39-20-26(3)40-31)35(45)41-30(17-27-11-6-4-7-12-27)19-33(44)32(18-28-13-8-5-9-14-28)42-36(46)48-23-29-15-10-16-38-21-29/h4-16,20-22,25,30,32-34,44H,17-19,23-24H2,1-3H3,(H,41,45)(H,42,46)(H,43,47)/t30-,32-,33-,34?/m0/s1. The van der Waals surface area contributed by atoms with Gasteiger partial charge in [0.05, 0.1) is 29.7 Å². The molecule has 2 aromatic heterocycles. The van der Waals surface area contributed by atoms with E-state index in [-0.39, 0.29) is 25.6 Å². The molecule has 12 heteroatoms. The van der Waals surface area contributed by atoms with Gasteiger partial charge in [0.1, 0.15) is 19.3 Å². The Bertz CT molecular complexity index is 1610. The van der Waals surface area contributed by atoms with E-state index in [1.54, 1.807) is 37.6 Å². The van der Waals surface area contributed by atoms with Crippen molar-refractivity contribution in [3.05, 3.63) is 126 Å². The Hall–Kier alpha value is -5.36. The first-order valence-corrected chi connectivity index (χ1v) is 16.3. The number of hydrogen-bond acceptors (Lipinski definition) is 9. The Kier molecular flexibility index (Phi) is 14.0. The van der Waals surface area contributed by atoms with Crippen molar-refractivity contribution in [3.8, 4) is 0 Å². The molecule has 4 N–H and O–H groups in total. The van der Waals surface area contributed by atoms with Gasteiger partial charge in [-0.1, -0.05) is 80.6 Å². The maximum atomic E-state index is 13.7. The molecule has 4 atom stereocenters. The molecule has 3 amide bonds. The summed E-state index contributed by atoms with van der Waals surface area (Å²) in [5.74, 6) is -0.713. The highest BCUT2D eigenvalue weighted by molar-refractivity contribution is 5.86. The molecule has 12 nitrogen and oxygen atoms in total. The van der Waals surface area contributed by atoms with Gasteiger partial charge in [-0.05, 0) is 49.3 Å². The van der Waals surface area contributed by atoms with Crippen LogP contribution in [-0.4, -0.2) is 62.4 Å². The highest BCUT2D eigenvalue weighted by atomic mass is 16.6. The Morgan fingerprint density at radius 2 is 1.37 bits per heavy atom. The normalized spacial score (nSPS) is 13.4. The number of hydrogen-bond donors (Lipinski definition) is 4. The molecule has 0 fully saturated rings. The zero-order valence-electron chi connectivity index (χ0n) is 28.0. The number of benzene rings is 2. The first-order chi connectivity index (χ1) is 23.7. The molecule has 0 aliphatic rings.